The molecule has 0 amide bonds. The SMILES string of the molecule is CCCOc1nc(NC2CCC(C)(C)CC2)ccc1N. The van der Waals surface area contributed by atoms with Crippen molar-refractivity contribution >= 4 is 11.5 Å². The molecule has 1 heterocycles. The van der Waals surface area contributed by atoms with Gasteiger partial charge in [-0.25, -0.2) is 0 Å². The second-order valence-corrected chi connectivity index (χ2v) is 6.52. The van der Waals surface area contributed by atoms with Crippen LogP contribution in [-0.2, 0) is 0 Å². The summed E-state index contributed by atoms with van der Waals surface area (Å²) in [4.78, 5) is 4.48. The predicted octanol–water partition coefficient (Wildman–Crippen LogP) is 3.83. The zero-order valence-corrected chi connectivity index (χ0v) is 12.9. The first-order chi connectivity index (χ1) is 9.50. The van der Waals surface area contributed by atoms with Crippen molar-refractivity contribution in [1.82, 2.24) is 4.98 Å². The zero-order chi connectivity index (χ0) is 14.6. The molecule has 3 N–H and O–H groups in total. The number of pyridine rings is 1. The second kappa shape index (κ2) is 6.33. The Morgan fingerprint density at radius 2 is 2.05 bits per heavy atom. The van der Waals surface area contributed by atoms with Gasteiger partial charge in [0.1, 0.15) is 5.82 Å². The highest BCUT2D eigenvalue weighted by Crippen LogP contribution is 2.36. The molecule has 1 aliphatic rings. The summed E-state index contributed by atoms with van der Waals surface area (Å²) in [6.45, 7) is 7.42. The Hall–Kier alpha value is -1.45. The highest BCUT2D eigenvalue weighted by Gasteiger charge is 2.26. The minimum Gasteiger partial charge on any atom is -0.476 e. The summed E-state index contributed by atoms with van der Waals surface area (Å²) in [5.74, 6) is 1.42. The number of nitrogens with one attached hydrogen (secondary N) is 1. The van der Waals surface area contributed by atoms with Crippen molar-refractivity contribution in [2.24, 2.45) is 5.41 Å². The number of rotatable bonds is 5. The molecule has 1 aliphatic carbocycles. The summed E-state index contributed by atoms with van der Waals surface area (Å²) >= 11 is 0. The van der Waals surface area contributed by atoms with Crippen molar-refractivity contribution in [3.8, 4) is 5.88 Å². The van der Waals surface area contributed by atoms with E-state index in [2.05, 4.69) is 31.1 Å². The van der Waals surface area contributed by atoms with Gasteiger partial charge >= 0.3 is 0 Å². The Labute approximate surface area is 122 Å². The first kappa shape index (κ1) is 14.9. The van der Waals surface area contributed by atoms with E-state index in [4.69, 9.17) is 10.5 Å². The van der Waals surface area contributed by atoms with E-state index in [1.54, 1.807) is 0 Å². The fourth-order valence-corrected chi connectivity index (χ4v) is 2.60. The Kier molecular flexibility index (Phi) is 4.73. The Morgan fingerprint density at radius 3 is 2.70 bits per heavy atom. The van der Waals surface area contributed by atoms with Crippen LogP contribution in [0.15, 0.2) is 12.1 Å². The third kappa shape index (κ3) is 4.02. The van der Waals surface area contributed by atoms with Gasteiger partial charge in [-0.05, 0) is 49.7 Å². The van der Waals surface area contributed by atoms with Crippen LogP contribution < -0.4 is 15.8 Å². The second-order valence-electron chi connectivity index (χ2n) is 6.52. The van der Waals surface area contributed by atoms with E-state index in [-0.39, 0.29) is 0 Å². The molecule has 0 atom stereocenters. The number of nitrogen functional groups attached to an aromatic ring is 1. The maximum absolute atomic E-state index is 5.88. The average molecular weight is 277 g/mol. The standard InChI is InChI=1S/C16H27N3O/c1-4-11-20-15-13(17)5-6-14(19-15)18-12-7-9-16(2,3)10-8-12/h5-6,12H,4,7-11,17H2,1-3H3,(H,18,19). The van der Waals surface area contributed by atoms with Crippen molar-refractivity contribution in [2.75, 3.05) is 17.7 Å². The van der Waals surface area contributed by atoms with Crippen molar-refractivity contribution < 1.29 is 4.74 Å². The fourth-order valence-electron chi connectivity index (χ4n) is 2.60. The monoisotopic (exact) mass is 277 g/mol. The maximum Gasteiger partial charge on any atom is 0.239 e. The fraction of sp³-hybridized carbons (Fsp3) is 0.688. The van der Waals surface area contributed by atoms with Crippen LogP contribution in [-0.4, -0.2) is 17.6 Å². The van der Waals surface area contributed by atoms with Crippen LogP contribution in [0.25, 0.3) is 0 Å². The molecule has 4 nitrogen and oxygen atoms in total. The van der Waals surface area contributed by atoms with E-state index in [1.807, 2.05) is 12.1 Å². The molecule has 112 valence electrons. The molecular weight excluding hydrogens is 250 g/mol. The molecular formula is C16H27N3O. The highest BCUT2D eigenvalue weighted by molar-refractivity contribution is 5.53. The molecule has 20 heavy (non-hydrogen) atoms. The van der Waals surface area contributed by atoms with E-state index in [0.29, 0.717) is 29.6 Å². The molecule has 0 saturated heterocycles. The van der Waals surface area contributed by atoms with Crippen LogP contribution in [0.3, 0.4) is 0 Å². The van der Waals surface area contributed by atoms with Gasteiger partial charge in [-0.15, -0.1) is 0 Å². The van der Waals surface area contributed by atoms with Crippen molar-refractivity contribution in [3.05, 3.63) is 12.1 Å². The van der Waals surface area contributed by atoms with E-state index in [9.17, 15) is 0 Å². The van der Waals surface area contributed by atoms with Crippen LogP contribution in [0.1, 0.15) is 52.9 Å². The lowest BCUT2D eigenvalue weighted by atomic mass is 9.75. The summed E-state index contributed by atoms with van der Waals surface area (Å²) in [5, 5.41) is 3.52. The molecule has 0 bridgehead atoms. The van der Waals surface area contributed by atoms with Gasteiger partial charge in [-0.1, -0.05) is 20.8 Å². The minimum atomic E-state index is 0.488. The van der Waals surface area contributed by atoms with Crippen LogP contribution in [0.2, 0.25) is 0 Å². The van der Waals surface area contributed by atoms with Gasteiger partial charge in [-0.2, -0.15) is 4.98 Å². The van der Waals surface area contributed by atoms with E-state index >= 15 is 0 Å². The van der Waals surface area contributed by atoms with Gasteiger partial charge in [-0.3, -0.25) is 0 Å². The van der Waals surface area contributed by atoms with Crippen LogP contribution in [0.5, 0.6) is 5.88 Å². The molecule has 1 saturated carbocycles. The van der Waals surface area contributed by atoms with E-state index < -0.39 is 0 Å². The number of hydrogen-bond acceptors (Lipinski definition) is 4. The molecule has 2 rings (SSSR count). The Morgan fingerprint density at radius 1 is 1.35 bits per heavy atom. The number of nitrogens with two attached hydrogens (primary N) is 1. The summed E-state index contributed by atoms with van der Waals surface area (Å²) in [6.07, 6.45) is 5.88. The topological polar surface area (TPSA) is 60.2 Å². The van der Waals surface area contributed by atoms with Crippen LogP contribution in [0.4, 0.5) is 11.5 Å². The minimum absolute atomic E-state index is 0.488. The Bertz CT molecular complexity index is 435. The van der Waals surface area contributed by atoms with Crippen molar-refractivity contribution in [2.45, 2.75) is 58.9 Å². The normalized spacial score (nSPS) is 18.8. The van der Waals surface area contributed by atoms with Gasteiger partial charge < -0.3 is 15.8 Å². The van der Waals surface area contributed by atoms with Gasteiger partial charge in [0.05, 0.1) is 12.3 Å². The molecule has 4 heteroatoms. The van der Waals surface area contributed by atoms with Crippen molar-refractivity contribution in [3.63, 3.8) is 0 Å². The van der Waals surface area contributed by atoms with Crippen LogP contribution >= 0.6 is 0 Å². The van der Waals surface area contributed by atoms with Crippen LogP contribution in [0, 0.1) is 5.41 Å². The number of aromatic nitrogens is 1. The molecule has 0 spiro atoms. The smallest absolute Gasteiger partial charge is 0.239 e. The third-order valence-electron chi connectivity index (χ3n) is 4.02. The average Bonchev–Trinajstić information content (AvgIpc) is 2.42. The number of hydrogen-bond donors (Lipinski definition) is 2. The molecule has 1 aromatic heterocycles. The number of ether oxygens (including phenoxy) is 1. The summed E-state index contributed by atoms with van der Waals surface area (Å²) in [5.41, 5.74) is 6.98. The van der Waals surface area contributed by atoms with Crippen molar-refractivity contribution in [1.29, 1.82) is 0 Å². The predicted molar refractivity (Wildman–Crippen MR) is 84.1 cm³/mol. The molecule has 0 aliphatic heterocycles. The first-order valence-electron chi connectivity index (χ1n) is 7.66. The lowest BCUT2D eigenvalue weighted by Gasteiger charge is -2.34. The molecule has 1 aromatic rings. The summed E-state index contributed by atoms with van der Waals surface area (Å²) < 4.78 is 5.57. The van der Waals surface area contributed by atoms with E-state index in [1.165, 1.54) is 25.7 Å². The van der Waals surface area contributed by atoms with Gasteiger partial charge in [0.15, 0.2) is 0 Å². The third-order valence-corrected chi connectivity index (χ3v) is 4.02. The largest absolute Gasteiger partial charge is 0.476 e. The molecule has 0 unspecified atom stereocenters. The maximum atomic E-state index is 5.88. The molecule has 0 aromatic carbocycles. The lowest BCUT2D eigenvalue weighted by Crippen LogP contribution is -2.30. The van der Waals surface area contributed by atoms with Gasteiger partial charge in [0.2, 0.25) is 5.88 Å². The summed E-state index contributed by atoms with van der Waals surface area (Å²) in [6, 6.07) is 4.32. The lowest BCUT2D eigenvalue weighted by molar-refractivity contribution is 0.232. The Balaban J connectivity index is 1.96. The quantitative estimate of drug-likeness (QED) is 0.858. The zero-order valence-electron chi connectivity index (χ0n) is 12.9. The molecule has 0 radical (unpaired) electrons. The van der Waals surface area contributed by atoms with Gasteiger partial charge in [0, 0.05) is 6.04 Å². The number of anilines is 2. The number of nitrogens with zero attached hydrogens (tertiary/aromatic N) is 1. The van der Waals surface area contributed by atoms with Gasteiger partial charge in [0.25, 0.3) is 0 Å². The molecule has 1 fully saturated rings. The summed E-state index contributed by atoms with van der Waals surface area (Å²) in [7, 11) is 0. The first-order valence-corrected chi connectivity index (χ1v) is 7.66. The van der Waals surface area contributed by atoms with E-state index in [0.717, 1.165) is 12.2 Å². The highest BCUT2D eigenvalue weighted by atomic mass is 16.5.